The van der Waals surface area contributed by atoms with Crippen molar-refractivity contribution in [1.29, 1.82) is 0 Å². The number of aromatic nitrogens is 2. The van der Waals surface area contributed by atoms with Gasteiger partial charge in [-0.3, -0.25) is 10.1 Å². The highest BCUT2D eigenvalue weighted by Gasteiger charge is 2.29. The lowest BCUT2D eigenvalue weighted by Crippen LogP contribution is -2.37. The summed E-state index contributed by atoms with van der Waals surface area (Å²) in [5.74, 6) is 0.645. The summed E-state index contributed by atoms with van der Waals surface area (Å²) in [6.45, 7) is 3.21. The van der Waals surface area contributed by atoms with E-state index in [0.717, 1.165) is 0 Å². The lowest BCUT2D eigenvalue weighted by molar-refractivity contribution is -0.383. The second-order valence-corrected chi connectivity index (χ2v) is 4.64. The minimum Gasteiger partial charge on any atom is -0.383 e. The molecule has 0 N–H and O–H groups in total. The molecule has 9 heteroatoms. The predicted molar refractivity (Wildman–Crippen MR) is 76.9 cm³/mol. The maximum atomic E-state index is 11.5. The van der Waals surface area contributed by atoms with Crippen LogP contribution in [-0.4, -0.2) is 68.5 Å². The monoisotopic (exact) mass is 297 g/mol. The first-order chi connectivity index (χ1) is 10.1. The first-order valence-corrected chi connectivity index (χ1v) is 6.67. The molecule has 0 atom stereocenters. The smallest absolute Gasteiger partial charge is 0.353 e. The summed E-state index contributed by atoms with van der Waals surface area (Å²) in [7, 11) is 3.33. The molecule has 0 radical (unpaired) electrons. The van der Waals surface area contributed by atoms with Crippen molar-refractivity contribution >= 4 is 17.3 Å². The first kappa shape index (κ1) is 15.4. The second kappa shape index (κ2) is 7.14. The second-order valence-electron chi connectivity index (χ2n) is 4.64. The number of morpholine rings is 1. The van der Waals surface area contributed by atoms with Gasteiger partial charge < -0.3 is 19.3 Å². The number of rotatable bonds is 6. The molecule has 1 aromatic heterocycles. The maximum absolute atomic E-state index is 11.5. The van der Waals surface area contributed by atoms with Crippen molar-refractivity contribution in [3.8, 4) is 0 Å². The van der Waals surface area contributed by atoms with Crippen LogP contribution < -0.4 is 9.80 Å². The van der Waals surface area contributed by atoms with E-state index in [4.69, 9.17) is 9.47 Å². The zero-order valence-electron chi connectivity index (χ0n) is 12.2. The summed E-state index contributed by atoms with van der Waals surface area (Å²) in [5.41, 5.74) is -0.0713. The summed E-state index contributed by atoms with van der Waals surface area (Å²) in [6, 6.07) is 0. The van der Waals surface area contributed by atoms with Gasteiger partial charge in [0.2, 0.25) is 11.6 Å². The molecule has 21 heavy (non-hydrogen) atoms. The van der Waals surface area contributed by atoms with Crippen LogP contribution in [0.2, 0.25) is 0 Å². The number of anilines is 2. The van der Waals surface area contributed by atoms with Crippen molar-refractivity contribution in [2.24, 2.45) is 0 Å². The molecule has 0 saturated carbocycles. The van der Waals surface area contributed by atoms with E-state index in [2.05, 4.69) is 9.97 Å². The maximum Gasteiger partial charge on any atom is 0.353 e. The van der Waals surface area contributed by atoms with Gasteiger partial charge in [0.05, 0.1) is 24.7 Å². The van der Waals surface area contributed by atoms with Gasteiger partial charge in [-0.05, 0) is 0 Å². The van der Waals surface area contributed by atoms with Gasteiger partial charge in [-0.1, -0.05) is 0 Å². The molecule has 1 aliphatic rings. The van der Waals surface area contributed by atoms with Crippen molar-refractivity contribution in [3.05, 3.63) is 16.4 Å². The summed E-state index contributed by atoms with van der Waals surface area (Å²) in [5, 5.41) is 11.5. The van der Waals surface area contributed by atoms with Crippen LogP contribution in [0.3, 0.4) is 0 Å². The molecule has 2 heterocycles. The number of ether oxygens (including phenoxy) is 2. The number of nitro groups is 1. The van der Waals surface area contributed by atoms with Gasteiger partial charge in [-0.15, -0.1) is 0 Å². The zero-order valence-corrected chi connectivity index (χ0v) is 12.2. The van der Waals surface area contributed by atoms with Crippen molar-refractivity contribution in [3.63, 3.8) is 0 Å². The van der Waals surface area contributed by atoms with E-state index in [9.17, 15) is 10.1 Å². The van der Waals surface area contributed by atoms with Crippen molar-refractivity contribution < 1.29 is 14.4 Å². The molecule has 0 bridgehead atoms. The average Bonchev–Trinajstić information content (AvgIpc) is 2.52. The Morgan fingerprint density at radius 1 is 1.48 bits per heavy atom. The molecule has 2 rings (SSSR count). The molecule has 0 spiro atoms. The molecule has 116 valence electrons. The minimum absolute atomic E-state index is 0.0713. The molecule has 0 aromatic carbocycles. The standard InChI is InChI=1S/C12H19N5O4/c1-15(3-6-20-2)11-10(17(18)19)12(14-9-13-11)16-4-7-21-8-5-16/h9H,3-8H2,1-2H3. The van der Waals surface area contributed by atoms with E-state index < -0.39 is 4.92 Å². The average molecular weight is 297 g/mol. The Bertz CT molecular complexity index is 493. The number of hydrogen-bond acceptors (Lipinski definition) is 8. The van der Waals surface area contributed by atoms with Crippen LogP contribution in [0.4, 0.5) is 17.3 Å². The molecular formula is C12H19N5O4. The van der Waals surface area contributed by atoms with Gasteiger partial charge in [-0.2, -0.15) is 0 Å². The van der Waals surface area contributed by atoms with Crippen LogP contribution in [0.1, 0.15) is 0 Å². The largest absolute Gasteiger partial charge is 0.383 e. The van der Waals surface area contributed by atoms with Crippen molar-refractivity contribution in [1.82, 2.24) is 9.97 Å². The molecule has 1 fully saturated rings. The SMILES string of the molecule is COCCN(C)c1ncnc(N2CCOCC2)c1[N+](=O)[O-]. The highest BCUT2D eigenvalue weighted by atomic mass is 16.6. The van der Waals surface area contributed by atoms with Gasteiger partial charge in [0.1, 0.15) is 6.33 Å². The molecule has 1 aliphatic heterocycles. The summed E-state index contributed by atoms with van der Waals surface area (Å²) in [6.07, 6.45) is 1.36. The lowest BCUT2D eigenvalue weighted by atomic mass is 10.3. The summed E-state index contributed by atoms with van der Waals surface area (Å²) in [4.78, 5) is 22.8. The Hall–Kier alpha value is -2.00. The van der Waals surface area contributed by atoms with Crippen LogP contribution >= 0.6 is 0 Å². The third kappa shape index (κ3) is 3.56. The van der Waals surface area contributed by atoms with Gasteiger partial charge in [-0.25, -0.2) is 9.97 Å². The van der Waals surface area contributed by atoms with Gasteiger partial charge in [0, 0.05) is 33.8 Å². The van der Waals surface area contributed by atoms with Gasteiger partial charge in [0.25, 0.3) is 0 Å². The fourth-order valence-corrected chi connectivity index (χ4v) is 2.14. The molecule has 1 aromatic rings. The number of hydrogen-bond donors (Lipinski definition) is 0. The Balaban J connectivity index is 2.34. The Labute approximate surface area is 122 Å². The predicted octanol–water partition coefficient (Wildman–Crippen LogP) is 0.304. The molecule has 1 saturated heterocycles. The fraction of sp³-hybridized carbons (Fsp3) is 0.667. The molecular weight excluding hydrogens is 278 g/mol. The summed E-state index contributed by atoms with van der Waals surface area (Å²) < 4.78 is 10.3. The third-order valence-corrected chi connectivity index (χ3v) is 3.27. The molecule has 0 amide bonds. The van der Waals surface area contributed by atoms with Crippen LogP contribution in [0.5, 0.6) is 0 Å². The number of nitrogens with zero attached hydrogens (tertiary/aromatic N) is 5. The topological polar surface area (TPSA) is 93.9 Å². The van der Waals surface area contributed by atoms with Crippen LogP contribution in [-0.2, 0) is 9.47 Å². The number of methoxy groups -OCH3 is 1. The zero-order chi connectivity index (χ0) is 15.2. The van der Waals surface area contributed by atoms with E-state index in [1.165, 1.54) is 6.33 Å². The van der Waals surface area contributed by atoms with E-state index >= 15 is 0 Å². The fourth-order valence-electron chi connectivity index (χ4n) is 2.14. The Morgan fingerprint density at radius 3 is 2.81 bits per heavy atom. The highest BCUT2D eigenvalue weighted by molar-refractivity contribution is 5.71. The van der Waals surface area contributed by atoms with Crippen LogP contribution in [0.25, 0.3) is 0 Å². The van der Waals surface area contributed by atoms with Crippen molar-refractivity contribution in [2.45, 2.75) is 0 Å². The van der Waals surface area contributed by atoms with E-state index in [1.807, 2.05) is 4.90 Å². The normalized spacial score (nSPS) is 15.0. The van der Waals surface area contributed by atoms with Gasteiger partial charge in [0.15, 0.2) is 0 Å². The molecule has 9 nitrogen and oxygen atoms in total. The first-order valence-electron chi connectivity index (χ1n) is 6.67. The highest BCUT2D eigenvalue weighted by Crippen LogP contribution is 2.33. The summed E-state index contributed by atoms with van der Waals surface area (Å²) >= 11 is 0. The van der Waals surface area contributed by atoms with Crippen molar-refractivity contribution in [2.75, 3.05) is 63.4 Å². The Kier molecular flexibility index (Phi) is 5.23. The van der Waals surface area contributed by atoms with Crippen LogP contribution in [0, 0.1) is 10.1 Å². The number of likely N-dealkylation sites (N-methyl/N-ethyl adjacent to an activating group) is 1. The van der Waals surface area contributed by atoms with Gasteiger partial charge >= 0.3 is 5.69 Å². The third-order valence-electron chi connectivity index (χ3n) is 3.27. The van der Waals surface area contributed by atoms with E-state index in [1.54, 1.807) is 19.1 Å². The minimum atomic E-state index is -0.427. The van der Waals surface area contributed by atoms with E-state index in [-0.39, 0.29) is 5.69 Å². The van der Waals surface area contributed by atoms with E-state index in [0.29, 0.717) is 51.1 Å². The quantitative estimate of drug-likeness (QED) is 0.547. The molecule has 0 unspecified atom stereocenters. The van der Waals surface area contributed by atoms with Crippen LogP contribution in [0.15, 0.2) is 6.33 Å². The molecule has 0 aliphatic carbocycles. The Morgan fingerprint density at radius 2 is 2.19 bits per heavy atom. The lowest BCUT2D eigenvalue weighted by Gasteiger charge is -2.28.